The summed E-state index contributed by atoms with van der Waals surface area (Å²) in [5.41, 5.74) is 5.71. The Kier molecular flexibility index (Phi) is 7.31. The van der Waals surface area contributed by atoms with Crippen LogP contribution in [-0.2, 0) is 11.3 Å². The lowest BCUT2D eigenvalue weighted by molar-refractivity contribution is -0.123. The zero-order chi connectivity index (χ0) is 15.8. The maximum absolute atomic E-state index is 13.0. The van der Waals surface area contributed by atoms with Crippen molar-refractivity contribution in [3.8, 4) is 0 Å². The highest BCUT2D eigenvalue weighted by Gasteiger charge is 2.19. The average Bonchev–Trinajstić information content (AvgIpc) is 2.44. The minimum atomic E-state index is -0.749. The maximum atomic E-state index is 13.0. The highest BCUT2D eigenvalue weighted by molar-refractivity contribution is 7.98. The van der Waals surface area contributed by atoms with E-state index in [9.17, 15) is 14.0 Å². The molecule has 21 heavy (non-hydrogen) atoms. The van der Waals surface area contributed by atoms with E-state index in [2.05, 4.69) is 10.6 Å². The molecule has 0 saturated heterocycles. The first-order valence-corrected chi connectivity index (χ1v) is 7.97. The molecule has 3 amide bonds. The number of rotatable bonds is 7. The second kappa shape index (κ2) is 8.74. The van der Waals surface area contributed by atoms with Crippen molar-refractivity contribution < 1.29 is 14.0 Å². The van der Waals surface area contributed by atoms with Gasteiger partial charge in [-0.15, -0.1) is 0 Å². The molecule has 0 spiro atoms. The van der Waals surface area contributed by atoms with Gasteiger partial charge in [-0.2, -0.15) is 11.8 Å². The van der Waals surface area contributed by atoms with Gasteiger partial charge in [-0.25, -0.2) is 9.18 Å². The number of nitrogens with one attached hydrogen (secondary N) is 2. The zero-order valence-electron chi connectivity index (χ0n) is 11.5. The van der Waals surface area contributed by atoms with Gasteiger partial charge in [-0.1, -0.05) is 17.7 Å². The monoisotopic (exact) mass is 333 g/mol. The number of hydrogen-bond donors (Lipinski definition) is 3. The quantitative estimate of drug-likeness (QED) is 0.712. The molecule has 0 aliphatic heterocycles. The second-order valence-corrected chi connectivity index (χ2v) is 5.70. The maximum Gasteiger partial charge on any atom is 0.312 e. The van der Waals surface area contributed by atoms with Crippen LogP contribution in [0, 0.1) is 5.82 Å². The lowest BCUT2D eigenvalue weighted by Gasteiger charge is -2.17. The topological polar surface area (TPSA) is 84.2 Å². The molecule has 0 aliphatic rings. The first-order valence-electron chi connectivity index (χ1n) is 6.20. The Morgan fingerprint density at radius 3 is 2.76 bits per heavy atom. The van der Waals surface area contributed by atoms with Crippen LogP contribution in [0.5, 0.6) is 0 Å². The number of hydrogen-bond acceptors (Lipinski definition) is 3. The van der Waals surface area contributed by atoms with E-state index in [1.807, 2.05) is 6.26 Å². The molecular weight excluding hydrogens is 317 g/mol. The Morgan fingerprint density at radius 2 is 2.19 bits per heavy atom. The first-order chi connectivity index (χ1) is 9.93. The molecule has 1 atom stereocenters. The highest BCUT2D eigenvalue weighted by atomic mass is 35.5. The van der Waals surface area contributed by atoms with E-state index in [1.54, 1.807) is 11.8 Å². The van der Waals surface area contributed by atoms with Crippen molar-refractivity contribution in [1.29, 1.82) is 0 Å². The van der Waals surface area contributed by atoms with E-state index in [1.165, 1.54) is 18.2 Å². The van der Waals surface area contributed by atoms with Crippen LogP contribution in [-0.4, -0.2) is 30.0 Å². The van der Waals surface area contributed by atoms with Crippen molar-refractivity contribution in [3.05, 3.63) is 34.6 Å². The second-order valence-electron chi connectivity index (χ2n) is 4.31. The largest absolute Gasteiger partial charge is 0.352 e. The molecule has 0 aliphatic carbocycles. The fourth-order valence-corrected chi connectivity index (χ4v) is 2.31. The molecule has 0 bridgehead atoms. The zero-order valence-corrected chi connectivity index (χ0v) is 13.1. The molecule has 5 nitrogen and oxygen atoms in total. The summed E-state index contributed by atoms with van der Waals surface area (Å²) in [4.78, 5) is 22.9. The number of nitrogens with two attached hydrogens (primary N) is 1. The summed E-state index contributed by atoms with van der Waals surface area (Å²) in [5.74, 6) is -0.149. The molecule has 116 valence electrons. The normalized spacial score (nSPS) is 11.8. The first kappa shape index (κ1) is 17.6. The number of urea groups is 1. The summed E-state index contributed by atoms with van der Waals surface area (Å²) >= 11 is 7.23. The highest BCUT2D eigenvalue weighted by Crippen LogP contribution is 2.15. The average molecular weight is 334 g/mol. The third kappa shape index (κ3) is 6.22. The number of halogens is 2. The minimum absolute atomic E-state index is 0.00376. The standard InChI is InChI=1S/C13H17ClFN3O2S/c1-21-5-4-11(18-13(16)20)12(19)17-7-8-2-3-10(15)9(14)6-8/h2-3,6,11H,4-5,7H2,1H3,(H,17,19)(H3,16,18,20)/t11-/m0/s1. The summed E-state index contributed by atoms with van der Waals surface area (Å²) in [6, 6.07) is 2.76. The molecule has 0 aromatic heterocycles. The summed E-state index contributed by atoms with van der Waals surface area (Å²) in [6.07, 6.45) is 2.37. The van der Waals surface area contributed by atoms with Crippen LogP contribution in [0.1, 0.15) is 12.0 Å². The van der Waals surface area contributed by atoms with E-state index < -0.39 is 17.9 Å². The van der Waals surface area contributed by atoms with Gasteiger partial charge in [0.15, 0.2) is 0 Å². The molecule has 1 aromatic rings. The number of carbonyl (C=O) groups is 2. The lowest BCUT2D eigenvalue weighted by atomic mass is 10.2. The predicted octanol–water partition coefficient (Wildman–Crippen LogP) is 1.89. The fourth-order valence-electron chi connectivity index (χ4n) is 1.64. The Morgan fingerprint density at radius 1 is 1.48 bits per heavy atom. The molecule has 1 aromatic carbocycles. The van der Waals surface area contributed by atoms with Crippen LogP contribution in [0.2, 0.25) is 5.02 Å². The van der Waals surface area contributed by atoms with Gasteiger partial charge in [0, 0.05) is 6.54 Å². The number of thioether (sulfide) groups is 1. The van der Waals surface area contributed by atoms with E-state index in [4.69, 9.17) is 17.3 Å². The summed E-state index contributed by atoms with van der Waals surface area (Å²) in [5, 5.41) is 5.06. The molecule has 0 unspecified atom stereocenters. The fraction of sp³-hybridized carbons (Fsp3) is 0.385. The lowest BCUT2D eigenvalue weighted by Crippen LogP contribution is -2.48. The summed E-state index contributed by atoms with van der Waals surface area (Å²) < 4.78 is 13.0. The van der Waals surface area contributed by atoms with E-state index >= 15 is 0 Å². The molecule has 8 heteroatoms. The Labute approximate surface area is 131 Å². The molecular formula is C13H17ClFN3O2S. The van der Waals surface area contributed by atoms with Crippen LogP contribution >= 0.6 is 23.4 Å². The van der Waals surface area contributed by atoms with E-state index in [0.717, 1.165) is 0 Å². The van der Waals surface area contributed by atoms with Gasteiger partial charge in [0.05, 0.1) is 5.02 Å². The molecule has 0 fully saturated rings. The van der Waals surface area contributed by atoms with Gasteiger partial charge in [0.1, 0.15) is 11.9 Å². The van der Waals surface area contributed by atoms with Crippen molar-refractivity contribution in [3.63, 3.8) is 0 Å². The van der Waals surface area contributed by atoms with Gasteiger partial charge >= 0.3 is 6.03 Å². The van der Waals surface area contributed by atoms with E-state index in [-0.39, 0.29) is 17.5 Å². The number of primary amides is 1. The van der Waals surface area contributed by atoms with Crippen molar-refractivity contribution in [1.82, 2.24) is 10.6 Å². The van der Waals surface area contributed by atoms with Crippen LogP contribution < -0.4 is 16.4 Å². The van der Waals surface area contributed by atoms with Crippen LogP contribution in [0.25, 0.3) is 0 Å². The Bertz CT molecular complexity index is 516. The van der Waals surface area contributed by atoms with Crippen LogP contribution in [0.4, 0.5) is 9.18 Å². The third-order valence-electron chi connectivity index (χ3n) is 2.69. The molecule has 1 rings (SSSR count). The van der Waals surface area contributed by atoms with Crippen molar-refractivity contribution in [2.75, 3.05) is 12.0 Å². The molecule has 0 saturated carbocycles. The van der Waals surface area contributed by atoms with Crippen molar-refractivity contribution >= 4 is 35.3 Å². The van der Waals surface area contributed by atoms with Gasteiger partial charge in [0.25, 0.3) is 0 Å². The van der Waals surface area contributed by atoms with Crippen LogP contribution in [0.3, 0.4) is 0 Å². The van der Waals surface area contributed by atoms with Crippen molar-refractivity contribution in [2.45, 2.75) is 19.0 Å². The van der Waals surface area contributed by atoms with E-state index in [0.29, 0.717) is 17.7 Å². The summed E-state index contributed by atoms with van der Waals surface area (Å²) in [6.45, 7) is 0.190. The van der Waals surface area contributed by atoms with Crippen molar-refractivity contribution in [2.24, 2.45) is 5.73 Å². The Balaban J connectivity index is 2.59. The SMILES string of the molecule is CSCC[C@H](NC(N)=O)C(=O)NCc1ccc(F)c(Cl)c1. The minimum Gasteiger partial charge on any atom is -0.352 e. The third-order valence-corrected chi connectivity index (χ3v) is 3.63. The van der Waals surface area contributed by atoms with Gasteiger partial charge in [0.2, 0.25) is 5.91 Å². The Hall–Kier alpha value is -1.47. The van der Waals surface area contributed by atoms with Gasteiger partial charge in [-0.05, 0) is 36.1 Å². The smallest absolute Gasteiger partial charge is 0.312 e. The number of carbonyl (C=O) groups excluding carboxylic acids is 2. The molecule has 4 N–H and O–H groups in total. The van der Waals surface area contributed by atoms with Gasteiger partial charge < -0.3 is 16.4 Å². The van der Waals surface area contributed by atoms with Crippen LogP contribution in [0.15, 0.2) is 18.2 Å². The molecule has 0 heterocycles. The molecule has 0 radical (unpaired) electrons. The number of amides is 3. The summed E-state index contributed by atoms with van der Waals surface area (Å²) in [7, 11) is 0. The number of benzene rings is 1. The van der Waals surface area contributed by atoms with Gasteiger partial charge in [-0.3, -0.25) is 4.79 Å². The predicted molar refractivity (Wildman–Crippen MR) is 82.8 cm³/mol.